The molecule has 0 saturated carbocycles. The number of anilines is 1. The summed E-state index contributed by atoms with van der Waals surface area (Å²) in [6.07, 6.45) is 3.30. The van der Waals surface area contributed by atoms with Gasteiger partial charge in [0.05, 0.1) is 18.4 Å². The fourth-order valence-corrected chi connectivity index (χ4v) is 5.16. The van der Waals surface area contributed by atoms with Crippen LogP contribution in [0.25, 0.3) is 16.9 Å². The van der Waals surface area contributed by atoms with Gasteiger partial charge in [-0.15, -0.1) is 0 Å². The van der Waals surface area contributed by atoms with E-state index in [0.29, 0.717) is 35.4 Å². The van der Waals surface area contributed by atoms with Crippen LogP contribution in [-0.2, 0) is 12.8 Å². The van der Waals surface area contributed by atoms with Crippen molar-refractivity contribution in [2.45, 2.75) is 38.6 Å². The molecule has 3 N–H and O–H groups in total. The van der Waals surface area contributed by atoms with Crippen molar-refractivity contribution in [2.75, 3.05) is 11.9 Å². The number of ketones is 2. The third-order valence-corrected chi connectivity index (χ3v) is 7.32. The van der Waals surface area contributed by atoms with Crippen LogP contribution in [0.4, 0.5) is 14.6 Å². The Balaban J connectivity index is 1.29. The molecule has 1 aliphatic rings. The Morgan fingerprint density at radius 3 is 2.70 bits per heavy atom. The Hall–Kier alpha value is -5.30. The number of ether oxygens (including phenoxy) is 1. The Morgan fingerprint density at radius 2 is 1.95 bits per heavy atom. The number of Topliss-reactive ketones (excluding diaryl/α,β-unsaturated/α-hetero) is 2. The van der Waals surface area contributed by atoms with Gasteiger partial charge in [-0.3, -0.25) is 24.0 Å². The number of aliphatic hydroxyl groups is 1. The molecule has 0 aliphatic heterocycles. The molecule has 0 fully saturated rings. The SMILES string of the molecule is C[C@H](CO)Nc1n[nH]c2nccc(Oc3ccc(CC(=O)c4cc5c(n(-c6ccc(F)cn6)c4=O)CCCC5=O)cc3F)c12. The summed E-state index contributed by atoms with van der Waals surface area (Å²) in [6, 6.07) is 8.99. The summed E-state index contributed by atoms with van der Waals surface area (Å²) in [5, 5.41) is 19.8. The van der Waals surface area contributed by atoms with E-state index in [-0.39, 0.29) is 65.3 Å². The van der Waals surface area contributed by atoms with Gasteiger partial charge in [-0.2, -0.15) is 5.10 Å². The number of aliphatic hydroxyl groups excluding tert-OH is 1. The Kier molecular flexibility index (Phi) is 7.70. The molecule has 4 aromatic heterocycles. The molecule has 44 heavy (non-hydrogen) atoms. The molecule has 0 unspecified atom stereocenters. The number of hydrogen-bond acceptors (Lipinski definition) is 9. The molecule has 224 valence electrons. The number of H-pyrrole nitrogens is 1. The van der Waals surface area contributed by atoms with Crippen LogP contribution in [0.3, 0.4) is 0 Å². The minimum absolute atomic E-state index is 0.0940. The smallest absolute Gasteiger partial charge is 0.267 e. The van der Waals surface area contributed by atoms with Crippen LogP contribution in [0.15, 0.2) is 59.7 Å². The molecule has 0 radical (unpaired) electrons. The first-order chi connectivity index (χ1) is 21.2. The lowest BCUT2D eigenvalue weighted by Gasteiger charge is -2.21. The van der Waals surface area contributed by atoms with Crippen molar-refractivity contribution >= 4 is 28.4 Å². The van der Waals surface area contributed by atoms with Gasteiger partial charge in [0.15, 0.2) is 34.6 Å². The van der Waals surface area contributed by atoms with Gasteiger partial charge in [0.1, 0.15) is 22.8 Å². The zero-order valence-corrected chi connectivity index (χ0v) is 23.4. The number of carbonyl (C=O) groups excluding carboxylic acids is 2. The summed E-state index contributed by atoms with van der Waals surface area (Å²) >= 11 is 0. The van der Waals surface area contributed by atoms with Gasteiger partial charge in [-0.05, 0) is 55.7 Å². The van der Waals surface area contributed by atoms with Gasteiger partial charge in [-0.1, -0.05) is 6.07 Å². The zero-order valence-electron chi connectivity index (χ0n) is 23.4. The maximum absolute atomic E-state index is 15.3. The van der Waals surface area contributed by atoms with E-state index < -0.39 is 23.0 Å². The van der Waals surface area contributed by atoms with Gasteiger partial charge >= 0.3 is 0 Å². The van der Waals surface area contributed by atoms with Crippen molar-refractivity contribution in [3.05, 3.63) is 99.2 Å². The second-order valence-electron chi connectivity index (χ2n) is 10.5. The largest absolute Gasteiger partial charge is 0.453 e. The van der Waals surface area contributed by atoms with E-state index >= 15 is 4.39 Å². The summed E-state index contributed by atoms with van der Waals surface area (Å²) in [5.74, 6) is -1.59. The summed E-state index contributed by atoms with van der Waals surface area (Å²) in [5.41, 5.74) is 0.388. The number of nitrogens with one attached hydrogen (secondary N) is 2. The highest BCUT2D eigenvalue weighted by Gasteiger charge is 2.27. The molecule has 6 rings (SSSR count). The van der Waals surface area contributed by atoms with Gasteiger partial charge in [-0.25, -0.2) is 18.7 Å². The van der Waals surface area contributed by atoms with Crippen LogP contribution in [0.2, 0.25) is 0 Å². The second kappa shape index (κ2) is 11.8. The molecule has 1 atom stereocenters. The van der Waals surface area contributed by atoms with Crippen molar-refractivity contribution in [2.24, 2.45) is 0 Å². The predicted octanol–water partition coefficient (Wildman–Crippen LogP) is 4.31. The van der Waals surface area contributed by atoms with Crippen LogP contribution in [0.5, 0.6) is 11.5 Å². The van der Waals surface area contributed by atoms with E-state index in [2.05, 4.69) is 25.5 Å². The summed E-state index contributed by atoms with van der Waals surface area (Å²) < 4.78 is 35.9. The van der Waals surface area contributed by atoms with E-state index in [9.17, 15) is 23.9 Å². The number of hydrogen-bond donors (Lipinski definition) is 3. The first-order valence-electron chi connectivity index (χ1n) is 13.9. The second-order valence-corrected chi connectivity index (χ2v) is 10.5. The van der Waals surface area contributed by atoms with Crippen molar-refractivity contribution in [1.29, 1.82) is 0 Å². The van der Waals surface area contributed by atoms with Gasteiger partial charge in [0, 0.05) is 42.4 Å². The standard InChI is InChI=1S/C31H26F2N6O5/c1-16(15-40)36-30-28-26(9-10-34-29(28)37-38-30)44-25-7-5-17(11-21(25)33)12-24(42)20-13-19-22(3-2-4-23(19)41)39(31(20)43)27-8-6-18(32)14-35-27/h5-11,13-14,16,40H,2-4,12,15H2,1H3,(H2,34,36,37,38)/t16-/m1/s1. The fraction of sp³-hybridized carbons (Fsp3) is 0.226. The van der Waals surface area contributed by atoms with E-state index in [1.54, 1.807) is 13.0 Å². The van der Waals surface area contributed by atoms with Crippen LogP contribution in [-0.4, -0.2) is 54.1 Å². The Bertz CT molecular complexity index is 1970. The molecule has 0 spiro atoms. The first-order valence-corrected chi connectivity index (χ1v) is 13.9. The van der Waals surface area contributed by atoms with Crippen LogP contribution < -0.4 is 15.6 Å². The number of rotatable bonds is 9. The molecule has 0 bridgehead atoms. The number of fused-ring (bicyclic) bond motifs is 2. The molecular formula is C31H26F2N6O5. The fourth-order valence-electron chi connectivity index (χ4n) is 5.16. The van der Waals surface area contributed by atoms with Crippen molar-refractivity contribution in [1.82, 2.24) is 24.7 Å². The molecule has 13 heteroatoms. The van der Waals surface area contributed by atoms with E-state index in [1.165, 1.54) is 35.0 Å². The summed E-state index contributed by atoms with van der Waals surface area (Å²) in [4.78, 5) is 47.9. The third-order valence-electron chi connectivity index (χ3n) is 7.32. The van der Waals surface area contributed by atoms with Crippen molar-refractivity contribution in [3.63, 3.8) is 0 Å². The molecule has 5 aromatic rings. The number of halogens is 2. The Morgan fingerprint density at radius 1 is 1.11 bits per heavy atom. The number of carbonyl (C=O) groups is 2. The quantitative estimate of drug-likeness (QED) is 0.210. The topological polar surface area (TPSA) is 152 Å². The zero-order chi connectivity index (χ0) is 31.0. The lowest BCUT2D eigenvalue weighted by Crippen LogP contribution is -2.32. The number of aromatic nitrogens is 5. The average Bonchev–Trinajstić information content (AvgIpc) is 3.42. The van der Waals surface area contributed by atoms with Crippen LogP contribution in [0.1, 0.15) is 51.7 Å². The number of nitrogens with zero attached hydrogens (tertiary/aromatic N) is 4. The number of pyridine rings is 3. The molecule has 0 amide bonds. The first kappa shape index (κ1) is 28.8. The highest BCUT2D eigenvalue weighted by Crippen LogP contribution is 2.34. The highest BCUT2D eigenvalue weighted by molar-refractivity contribution is 6.03. The molecule has 4 heterocycles. The third kappa shape index (κ3) is 5.44. The maximum Gasteiger partial charge on any atom is 0.267 e. The predicted molar refractivity (Wildman–Crippen MR) is 156 cm³/mol. The lowest BCUT2D eigenvalue weighted by molar-refractivity contribution is 0.0970. The average molecular weight is 601 g/mol. The highest BCUT2D eigenvalue weighted by atomic mass is 19.1. The van der Waals surface area contributed by atoms with E-state index in [0.717, 1.165) is 18.3 Å². The lowest BCUT2D eigenvalue weighted by atomic mass is 9.91. The maximum atomic E-state index is 15.3. The Labute approximate surface area is 248 Å². The summed E-state index contributed by atoms with van der Waals surface area (Å²) in [6.45, 7) is 1.62. The van der Waals surface area contributed by atoms with Crippen molar-refractivity contribution in [3.8, 4) is 17.3 Å². The van der Waals surface area contributed by atoms with E-state index in [1.807, 2.05) is 0 Å². The van der Waals surface area contributed by atoms with Gasteiger partial charge in [0.2, 0.25) is 0 Å². The minimum atomic E-state index is -0.754. The monoisotopic (exact) mass is 600 g/mol. The molecule has 1 aromatic carbocycles. The molecule has 0 saturated heterocycles. The molecular weight excluding hydrogens is 574 g/mol. The normalized spacial score (nSPS) is 13.5. The number of benzene rings is 1. The van der Waals surface area contributed by atoms with Gasteiger partial charge in [0.25, 0.3) is 5.56 Å². The molecule has 11 nitrogen and oxygen atoms in total. The van der Waals surface area contributed by atoms with Crippen molar-refractivity contribution < 1.29 is 28.2 Å². The number of aromatic amines is 1. The van der Waals surface area contributed by atoms with Gasteiger partial charge < -0.3 is 15.2 Å². The minimum Gasteiger partial charge on any atom is -0.453 e. The molecule has 1 aliphatic carbocycles. The van der Waals surface area contributed by atoms with Crippen LogP contribution in [0, 0.1) is 11.6 Å². The van der Waals surface area contributed by atoms with E-state index in [4.69, 9.17) is 4.74 Å². The van der Waals surface area contributed by atoms with Crippen LogP contribution >= 0.6 is 0 Å². The summed E-state index contributed by atoms with van der Waals surface area (Å²) in [7, 11) is 0.